The van der Waals surface area contributed by atoms with Gasteiger partial charge in [-0.1, -0.05) is 24.6 Å². The van der Waals surface area contributed by atoms with Gasteiger partial charge in [-0.05, 0) is 98.9 Å². The number of nitrogens with zero attached hydrogens (tertiary/aromatic N) is 5. The molecule has 6 aromatic rings. The van der Waals surface area contributed by atoms with Crippen molar-refractivity contribution in [3.63, 3.8) is 0 Å². The van der Waals surface area contributed by atoms with Crippen molar-refractivity contribution in [1.82, 2.24) is 24.3 Å². The minimum absolute atomic E-state index is 0.174. The number of likely N-dealkylation sites (tertiary alicyclic amines) is 1. The number of carbonyl (C=O) groups excluding carboxylic acids is 1. The highest BCUT2D eigenvalue weighted by atomic mass is 19.1. The lowest BCUT2D eigenvalue weighted by Crippen LogP contribution is -2.31. The first-order valence-corrected chi connectivity index (χ1v) is 16.8. The zero-order valence-corrected chi connectivity index (χ0v) is 28.2. The monoisotopic (exact) mass is 691 g/mol. The third kappa shape index (κ3) is 7.27. The summed E-state index contributed by atoms with van der Waals surface area (Å²) in [5, 5.41) is 5.49. The first-order chi connectivity index (χ1) is 24.8. The van der Waals surface area contributed by atoms with Crippen LogP contribution in [0.1, 0.15) is 40.7 Å². The van der Waals surface area contributed by atoms with Crippen LogP contribution in [0.5, 0.6) is 5.75 Å². The lowest BCUT2D eigenvalue weighted by molar-refractivity contribution is 0.102. The third-order valence-corrected chi connectivity index (χ3v) is 9.01. The Balaban J connectivity index is 1.19. The molecule has 0 spiro atoms. The Morgan fingerprint density at radius 2 is 1.71 bits per heavy atom. The summed E-state index contributed by atoms with van der Waals surface area (Å²) in [6, 6.07) is 19.3. The standard InChI is InChI=1S/C39H36F3N7O2/c1-24-19-29(41)36(30(42)20-24)47-38(50)27-10-8-9-26(21-27)35-37(49-17-7-4-11-34(49)46-35)31-12-14-43-39(44-31)45-32-23-28(40)25(22-33(32)51-2)13-18-48-15-5-3-6-16-48/h4,7-12,14,17,19-23H,3,5-6,13,15-16,18H2,1-2H3,(H,47,50)(H,43,44,45). The van der Waals surface area contributed by atoms with Crippen LogP contribution in [0.25, 0.3) is 28.3 Å². The van der Waals surface area contributed by atoms with Gasteiger partial charge in [-0.3, -0.25) is 9.20 Å². The number of pyridine rings is 1. The van der Waals surface area contributed by atoms with Crippen LogP contribution >= 0.6 is 0 Å². The maximum Gasteiger partial charge on any atom is 0.255 e. The Morgan fingerprint density at radius 1 is 0.902 bits per heavy atom. The number of ether oxygens (including phenoxy) is 1. The van der Waals surface area contributed by atoms with E-state index in [1.165, 1.54) is 32.4 Å². The topological polar surface area (TPSA) is 96.7 Å². The van der Waals surface area contributed by atoms with Crippen molar-refractivity contribution in [2.75, 3.05) is 37.4 Å². The Morgan fingerprint density at radius 3 is 2.49 bits per heavy atom. The van der Waals surface area contributed by atoms with Crippen molar-refractivity contribution in [3.05, 3.63) is 119 Å². The summed E-state index contributed by atoms with van der Waals surface area (Å²) in [6.07, 6.45) is 7.60. The highest BCUT2D eigenvalue weighted by molar-refractivity contribution is 6.05. The molecule has 0 bridgehead atoms. The number of amides is 1. The van der Waals surface area contributed by atoms with Gasteiger partial charge in [0.1, 0.15) is 34.5 Å². The third-order valence-electron chi connectivity index (χ3n) is 9.01. The maximum absolute atomic E-state index is 15.4. The van der Waals surface area contributed by atoms with Crippen molar-refractivity contribution in [2.45, 2.75) is 32.6 Å². The SMILES string of the molecule is COc1cc(CCN2CCCCC2)c(F)cc1Nc1nccc(-c2c(-c3cccc(C(=O)Nc4c(F)cc(C)cc4F)c3)nc3ccccn23)n1. The Bertz CT molecular complexity index is 2210. The molecule has 9 nitrogen and oxygen atoms in total. The molecule has 12 heteroatoms. The van der Waals surface area contributed by atoms with E-state index in [4.69, 9.17) is 14.7 Å². The fourth-order valence-electron chi connectivity index (χ4n) is 6.44. The molecule has 0 unspecified atom stereocenters. The number of benzene rings is 3. The highest BCUT2D eigenvalue weighted by Gasteiger charge is 2.21. The number of imidazole rings is 1. The molecule has 1 aliphatic heterocycles. The predicted octanol–water partition coefficient (Wildman–Crippen LogP) is 8.22. The molecule has 3 aromatic carbocycles. The fourth-order valence-corrected chi connectivity index (χ4v) is 6.44. The van der Waals surface area contributed by atoms with Crippen molar-refractivity contribution in [3.8, 4) is 28.4 Å². The lowest BCUT2D eigenvalue weighted by Gasteiger charge is -2.26. The van der Waals surface area contributed by atoms with Gasteiger partial charge in [-0.2, -0.15) is 0 Å². The van der Waals surface area contributed by atoms with Gasteiger partial charge in [-0.25, -0.2) is 28.1 Å². The van der Waals surface area contributed by atoms with Crippen molar-refractivity contribution >= 4 is 28.9 Å². The van der Waals surface area contributed by atoms with E-state index in [-0.39, 0.29) is 17.3 Å². The van der Waals surface area contributed by atoms with E-state index in [9.17, 15) is 13.6 Å². The Hall–Kier alpha value is -5.75. The smallest absolute Gasteiger partial charge is 0.255 e. The van der Waals surface area contributed by atoms with Gasteiger partial charge in [-0.15, -0.1) is 0 Å². The van der Waals surface area contributed by atoms with E-state index < -0.39 is 23.2 Å². The number of fused-ring (bicyclic) bond motifs is 1. The van der Waals surface area contributed by atoms with Crippen LogP contribution in [0.15, 0.2) is 85.2 Å². The first kappa shape index (κ1) is 33.7. The average Bonchev–Trinajstić information content (AvgIpc) is 3.53. The number of aromatic nitrogens is 4. The summed E-state index contributed by atoms with van der Waals surface area (Å²) in [4.78, 5) is 29.6. The number of hydrogen-bond acceptors (Lipinski definition) is 7. The number of methoxy groups -OCH3 is 1. The molecule has 51 heavy (non-hydrogen) atoms. The quantitative estimate of drug-likeness (QED) is 0.150. The molecular weight excluding hydrogens is 655 g/mol. The number of carbonyl (C=O) groups is 1. The summed E-state index contributed by atoms with van der Waals surface area (Å²) in [6.45, 7) is 4.43. The van der Waals surface area contributed by atoms with Crippen molar-refractivity contribution < 1.29 is 22.7 Å². The molecule has 1 saturated heterocycles. The van der Waals surface area contributed by atoms with Gasteiger partial charge in [0.2, 0.25) is 5.95 Å². The number of piperidine rings is 1. The van der Waals surface area contributed by atoms with E-state index in [1.54, 1.807) is 49.5 Å². The van der Waals surface area contributed by atoms with Gasteiger partial charge < -0.3 is 20.3 Å². The molecule has 0 saturated carbocycles. The van der Waals surface area contributed by atoms with E-state index in [0.29, 0.717) is 57.3 Å². The second kappa shape index (κ2) is 14.6. The van der Waals surface area contributed by atoms with Crippen LogP contribution in [-0.4, -0.2) is 56.9 Å². The molecule has 7 rings (SSSR count). The fraction of sp³-hybridized carbons (Fsp3) is 0.231. The molecule has 0 radical (unpaired) electrons. The van der Waals surface area contributed by atoms with Gasteiger partial charge >= 0.3 is 0 Å². The van der Waals surface area contributed by atoms with Crippen LogP contribution in [0.4, 0.5) is 30.5 Å². The molecular formula is C39H36F3N7O2. The second-order valence-electron chi connectivity index (χ2n) is 12.6. The van der Waals surface area contributed by atoms with Gasteiger partial charge in [0, 0.05) is 36.1 Å². The Labute approximate surface area is 293 Å². The molecule has 1 fully saturated rings. The summed E-state index contributed by atoms with van der Waals surface area (Å²) in [5.41, 5.74) is 3.83. The summed E-state index contributed by atoms with van der Waals surface area (Å²) in [5.74, 6) is -2.08. The zero-order valence-electron chi connectivity index (χ0n) is 28.2. The number of aryl methyl sites for hydroxylation is 1. The maximum atomic E-state index is 15.4. The number of nitrogens with one attached hydrogen (secondary N) is 2. The molecule has 3 aromatic heterocycles. The molecule has 4 heterocycles. The van der Waals surface area contributed by atoms with Crippen molar-refractivity contribution in [2.24, 2.45) is 0 Å². The Kier molecular flexibility index (Phi) is 9.67. The van der Waals surface area contributed by atoms with Gasteiger partial charge in [0.15, 0.2) is 0 Å². The van der Waals surface area contributed by atoms with E-state index in [0.717, 1.165) is 31.8 Å². The largest absolute Gasteiger partial charge is 0.495 e. The number of anilines is 3. The van der Waals surface area contributed by atoms with Crippen LogP contribution in [-0.2, 0) is 6.42 Å². The molecule has 1 amide bonds. The van der Waals surface area contributed by atoms with Crippen LogP contribution in [0.3, 0.4) is 0 Å². The zero-order chi connectivity index (χ0) is 35.5. The normalized spacial score (nSPS) is 13.4. The van der Waals surface area contributed by atoms with E-state index in [2.05, 4.69) is 20.5 Å². The van der Waals surface area contributed by atoms with Gasteiger partial charge in [0.25, 0.3) is 5.91 Å². The molecule has 0 atom stereocenters. The average molecular weight is 692 g/mol. The number of rotatable bonds is 10. The van der Waals surface area contributed by atoms with E-state index in [1.807, 2.05) is 28.8 Å². The van der Waals surface area contributed by atoms with Crippen LogP contribution < -0.4 is 15.4 Å². The van der Waals surface area contributed by atoms with Crippen LogP contribution in [0, 0.1) is 24.4 Å². The molecule has 2 N–H and O–H groups in total. The summed E-state index contributed by atoms with van der Waals surface area (Å²) in [7, 11) is 1.54. The molecule has 1 aliphatic rings. The second-order valence-corrected chi connectivity index (χ2v) is 12.6. The van der Waals surface area contributed by atoms with E-state index >= 15 is 4.39 Å². The minimum Gasteiger partial charge on any atom is -0.495 e. The summed E-state index contributed by atoms with van der Waals surface area (Å²) >= 11 is 0. The van der Waals surface area contributed by atoms with Crippen molar-refractivity contribution in [1.29, 1.82) is 0 Å². The van der Waals surface area contributed by atoms with Crippen LogP contribution in [0.2, 0.25) is 0 Å². The number of halogens is 3. The van der Waals surface area contributed by atoms with Gasteiger partial charge in [0.05, 0.1) is 29.9 Å². The highest BCUT2D eigenvalue weighted by Crippen LogP contribution is 2.35. The predicted molar refractivity (Wildman–Crippen MR) is 191 cm³/mol. The molecule has 260 valence electrons. The molecule has 0 aliphatic carbocycles. The minimum atomic E-state index is -0.864. The first-order valence-electron chi connectivity index (χ1n) is 16.8. The number of hydrogen-bond donors (Lipinski definition) is 2. The lowest BCUT2D eigenvalue weighted by atomic mass is 10.0. The summed E-state index contributed by atoms with van der Waals surface area (Å²) < 4.78 is 51.9.